The van der Waals surface area contributed by atoms with Crippen molar-refractivity contribution in [3.05, 3.63) is 77.4 Å². The van der Waals surface area contributed by atoms with E-state index in [9.17, 15) is 14.3 Å². The maximum Gasteiger partial charge on any atom is 0.253 e. The molecule has 0 radical (unpaired) electrons. The first-order valence-corrected chi connectivity index (χ1v) is 11.9. The number of halogens is 2. The maximum absolute atomic E-state index is 15.2. The molecule has 184 valence electrons. The van der Waals surface area contributed by atoms with E-state index < -0.39 is 23.4 Å². The average molecular weight is 472 g/mol. The van der Waals surface area contributed by atoms with E-state index in [1.807, 2.05) is 32.1 Å². The molecule has 5 nitrogen and oxygen atoms in total. The van der Waals surface area contributed by atoms with Crippen LogP contribution in [0.1, 0.15) is 55.2 Å². The van der Waals surface area contributed by atoms with Crippen LogP contribution in [0.3, 0.4) is 0 Å². The second kappa shape index (κ2) is 11.1. The molecule has 3 rings (SSSR count). The fourth-order valence-corrected chi connectivity index (χ4v) is 4.82. The number of hydrogen-bond donors (Lipinski definition) is 1. The predicted molar refractivity (Wildman–Crippen MR) is 131 cm³/mol. The van der Waals surface area contributed by atoms with E-state index in [0.717, 1.165) is 24.7 Å². The highest BCUT2D eigenvalue weighted by Crippen LogP contribution is 2.37. The number of piperazine rings is 1. The topological polar surface area (TPSA) is 47.0 Å². The minimum absolute atomic E-state index is 0.0567. The molecule has 3 atom stereocenters. The number of rotatable bonds is 8. The number of nitrogens with zero attached hydrogens (tertiary/aromatic N) is 3. The SMILES string of the molecule is C=CCN1C[C@H](C)N([C@H](c2ccc(C(=O)N(CC)CC)cc2)c2ccc(F)c(O)c2F)C[C@@H]1C. The van der Waals surface area contributed by atoms with Gasteiger partial charge in [-0.15, -0.1) is 6.58 Å². The van der Waals surface area contributed by atoms with E-state index in [1.54, 1.807) is 17.0 Å². The van der Waals surface area contributed by atoms with E-state index >= 15 is 4.39 Å². The lowest BCUT2D eigenvalue weighted by Crippen LogP contribution is -2.57. The van der Waals surface area contributed by atoms with Gasteiger partial charge in [0.05, 0.1) is 6.04 Å². The summed E-state index contributed by atoms with van der Waals surface area (Å²) in [6, 6.07) is 9.37. The zero-order valence-corrected chi connectivity index (χ0v) is 20.5. The van der Waals surface area contributed by atoms with Gasteiger partial charge in [-0.3, -0.25) is 14.6 Å². The Bertz CT molecular complexity index is 1010. The largest absolute Gasteiger partial charge is 0.503 e. The molecule has 1 aliphatic heterocycles. The highest BCUT2D eigenvalue weighted by atomic mass is 19.1. The number of aromatic hydroxyl groups is 1. The van der Waals surface area contributed by atoms with Crippen LogP contribution in [0.5, 0.6) is 5.75 Å². The van der Waals surface area contributed by atoms with Crippen molar-refractivity contribution < 1.29 is 18.7 Å². The summed E-state index contributed by atoms with van der Waals surface area (Å²) in [6.45, 7) is 15.3. The summed E-state index contributed by atoms with van der Waals surface area (Å²) in [5, 5.41) is 10.0. The first kappa shape index (κ1) is 25.8. The lowest BCUT2D eigenvalue weighted by molar-refractivity contribution is 0.0297. The number of benzene rings is 2. The molecule has 0 aliphatic carbocycles. The van der Waals surface area contributed by atoms with E-state index in [4.69, 9.17) is 0 Å². The van der Waals surface area contributed by atoms with Crippen molar-refractivity contribution in [3.8, 4) is 5.75 Å². The molecule has 1 N–H and O–H groups in total. The fourth-order valence-electron chi connectivity index (χ4n) is 4.82. The van der Waals surface area contributed by atoms with Crippen molar-refractivity contribution in [3.63, 3.8) is 0 Å². The Balaban J connectivity index is 2.04. The molecule has 1 aliphatic rings. The van der Waals surface area contributed by atoms with Crippen molar-refractivity contribution in [2.24, 2.45) is 0 Å². The van der Waals surface area contributed by atoms with Crippen LogP contribution in [0.15, 0.2) is 49.1 Å². The maximum atomic E-state index is 15.2. The molecule has 1 amide bonds. The third-order valence-corrected chi connectivity index (χ3v) is 6.77. The molecule has 7 heteroatoms. The van der Waals surface area contributed by atoms with Crippen LogP contribution in [0, 0.1) is 11.6 Å². The summed E-state index contributed by atoms with van der Waals surface area (Å²) >= 11 is 0. The standard InChI is InChI=1S/C27H35F2N3O2/c1-6-15-31-16-19(5)32(17-18(31)4)25(22-13-14-23(28)26(33)24(22)29)20-9-11-21(12-10-20)27(34)30(7-2)8-3/h6,9-14,18-19,25,33H,1,7-8,15-17H2,2-5H3/t18-,19-,25+/m0/s1. The number of carbonyl (C=O) groups excluding carboxylic acids is 1. The van der Waals surface area contributed by atoms with E-state index in [-0.39, 0.29) is 23.6 Å². The first-order chi connectivity index (χ1) is 16.2. The van der Waals surface area contributed by atoms with Crippen LogP contribution in [-0.2, 0) is 0 Å². The third kappa shape index (κ3) is 5.15. The molecule has 34 heavy (non-hydrogen) atoms. The molecule has 0 unspecified atom stereocenters. The van der Waals surface area contributed by atoms with Crippen LogP contribution in [0.2, 0.25) is 0 Å². The van der Waals surface area contributed by atoms with Gasteiger partial charge >= 0.3 is 0 Å². The van der Waals surface area contributed by atoms with Gasteiger partial charge in [0.15, 0.2) is 17.4 Å². The normalized spacial score (nSPS) is 20.2. The van der Waals surface area contributed by atoms with Gasteiger partial charge in [-0.2, -0.15) is 0 Å². The molecule has 0 saturated carbocycles. The van der Waals surface area contributed by atoms with Crippen LogP contribution in [-0.4, -0.2) is 70.5 Å². The molecule has 1 fully saturated rings. The Morgan fingerprint density at radius 2 is 1.76 bits per heavy atom. The first-order valence-electron chi connectivity index (χ1n) is 11.9. The van der Waals surface area contributed by atoms with Gasteiger partial charge in [0.1, 0.15) is 0 Å². The molecular weight excluding hydrogens is 436 g/mol. The lowest BCUT2D eigenvalue weighted by atomic mass is 9.92. The Morgan fingerprint density at radius 1 is 1.12 bits per heavy atom. The second-order valence-corrected chi connectivity index (χ2v) is 8.94. The summed E-state index contributed by atoms with van der Waals surface area (Å²) in [5.74, 6) is -2.97. The van der Waals surface area contributed by atoms with Crippen LogP contribution < -0.4 is 0 Å². The number of amides is 1. The van der Waals surface area contributed by atoms with Crippen molar-refractivity contribution in [2.75, 3.05) is 32.7 Å². The molecule has 0 bridgehead atoms. The molecule has 0 spiro atoms. The summed E-state index contributed by atoms with van der Waals surface area (Å²) in [6.07, 6.45) is 1.87. The summed E-state index contributed by atoms with van der Waals surface area (Å²) in [7, 11) is 0. The monoisotopic (exact) mass is 471 g/mol. The molecule has 1 heterocycles. The van der Waals surface area contributed by atoms with Crippen LogP contribution in [0.4, 0.5) is 8.78 Å². The highest BCUT2D eigenvalue weighted by Gasteiger charge is 2.36. The van der Waals surface area contributed by atoms with Gasteiger partial charge in [0.25, 0.3) is 5.91 Å². The molecule has 0 aromatic heterocycles. The Labute approximate surface area is 201 Å². The van der Waals surface area contributed by atoms with Gasteiger partial charge < -0.3 is 10.0 Å². The Hall–Kier alpha value is -2.77. The highest BCUT2D eigenvalue weighted by molar-refractivity contribution is 5.94. The van der Waals surface area contributed by atoms with E-state index in [2.05, 4.69) is 30.2 Å². The summed E-state index contributed by atoms with van der Waals surface area (Å²) in [4.78, 5) is 19.0. The predicted octanol–water partition coefficient (Wildman–Crippen LogP) is 4.82. The Kier molecular flexibility index (Phi) is 8.44. The number of carbonyl (C=O) groups is 1. The van der Waals surface area contributed by atoms with Crippen LogP contribution >= 0.6 is 0 Å². The quantitative estimate of drug-likeness (QED) is 0.561. The minimum atomic E-state index is -0.989. The van der Waals surface area contributed by atoms with Crippen molar-refractivity contribution in [2.45, 2.75) is 45.8 Å². The van der Waals surface area contributed by atoms with Crippen molar-refractivity contribution >= 4 is 5.91 Å². The zero-order valence-electron chi connectivity index (χ0n) is 20.5. The molecule has 1 saturated heterocycles. The minimum Gasteiger partial charge on any atom is -0.503 e. The van der Waals surface area contributed by atoms with Gasteiger partial charge in [0, 0.05) is 55.9 Å². The second-order valence-electron chi connectivity index (χ2n) is 8.94. The number of phenols is 1. The van der Waals surface area contributed by atoms with Gasteiger partial charge in [0.2, 0.25) is 0 Å². The number of phenolic OH excluding ortho intramolecular Hbond substituents is 1. The summed E-state index contributed by atoms with van der Waals surface area (Å²) in [5.41, 5.74) is 1.54. The molecule has 2 aromatic rings. The third-order valence-electron chi connectivity index (χ3n) is 6.77. The van der Waals surface area contributed by atoms with Gasteiger partial charge in [-0.25, -0.2) is 8.78 Å². The number of hydrogen-bond acceptors (Lipinski definition) is 4. The lowest BCUT2D eigenvalue weighted by Gasteiger charge is -2.47. The fraction of sp³-hybridized carbons (Fsp3) is 0.444. The van der Waals surface area contributed by atoms with Gasteiger partial charge in [-0.1, -0.05) is 24.3 Å². The van der Waals surface area contributed by atoms with Crippen LogP contribution in [0.25, 0.3) is 0 Å². The molecular formula is C27H35F2N3O2. The zero-order chi connectivity index (χ0) is 25.0. The Morgan fingerprint density at radius 3 is 2.35 bits per heavy atom. The average Bonchev–Trinajstić information content (AvgIpc) is 2.83. The smallest absolute Gasteiger partial charge is 0.253 e. The molecule has 2 aromatic carbocycles. The van der Waals surface area contributed by atoms with Crippen molar-refractivity contribution in [1.29, 1.82) is 0 Å². The van der Waals surface area contributed by atoms with Gasteiger partial charge in [-0.05, 0) is 51.5 Å². The van der Waals surface area contributed by atoms with Crippen molar-refractivity contribution in [1.82, 2.24) is 14.7 Å². The van der Waals surface area contributed by atoms with E-state index in [0.29, 0.717) is 25.2 Å². The summed E-state index contributed by atoms with van der Waals surface area (Å²) < 4.78 is 29.0. The van der Waals surface area contributed by atoms with E-state index in [1.165, 1.54) is 6.07 Å².